The Morgan fingerprint density at radius 3 is 2.20 bits per heavy atom. The van der Waals surface area contributed by atoms with Crippen molar-refractivity contribution in [3.8, 4) is 0 Å². The van der Waals surface area contributed by atoms with Gasteiger partial charge >= 0.3 is 0 Å². The van der Waals surface area contributed by atoms with E-state index in [1.807, 2.05) is 61.5 Å². The van der Waals surface area contributed by atoms with Gasteiger partial charge in [0.1, 0.15) is 6.10 Å². The number of aryl methyl sites for hydroxylation is 1. The number of carbonyl (C=O) groups is 1. The number of rotatable bonds is 6. The number of ketones is 1. The molecule has 0 heterocycles. The molecule has 0 bridgehead atoms. The molecule has 1 atom stereocenters. The molecule has 0 saturated heterocycles. The third-order valence-corrected chi connectivity index (χ3v) is 3.32. The number of carbonyl (C=O) groups excluding carboxylic acids is 1. The Labute approximate surface area is 120 Å². The Bertz CT molecular complexity index is 543. The van der Waals surface area contributed by atoms with E-state index in [0.717, 1.165) is 12.0 Å². The van der Waals surface area contributed by atoms with E-state index in [2.05, 4.69) is 6.92 Å². The van der Waals surface area contributed by atoms with Crippen LogP contribution in [0, 0.1) is 0 Å². The van der Waals surface area contributed by atoms with Crippen LogP contribution in [0.15, 0.2) is 54.6 Å². The Morgan fingerprint density at radius 2 is 1.65 bits per heavy atom. The van der Waals surface area contributed by atoms with Gasteiger partial charge in [-0.05, 0) is 24.5 Å². The second-order valence-corrected chi connectivity index (χ2v) is 4.66. The van der Waals surface area contributed by atoms with Crippen LogP contribution in [0.3, 0.4) is 0 Å². The van der Waals surface area contributed by atoms with Gasteiger partial charge in [-0.3, -0.25) is 4.79 Å². The van der Waals surface area contributed by atoms with Crippen LogP contribution >= 0.6 is 0 Å². The third kappa shape index (κ3) is 3.34. The Hall–Kier alpha value is -1.93. The van der Waals surface area contributed by atoms with E-state index in [9.17, 15) is 4.79 Å². The lowest BCUT2D eigenvalue weighted by molar-refractivity contribution is 0.0452. The lowest BCUT2D eigenvalue weighted by Gasteiger charge is -2.16. The summed E-state index contributed by atoms with van der Waals surface area (Å²) >= 11 is 0. The minimum absolute atomic E-state index is 0.0145. The van der Waals surface area contributed by atoms with E-state index in [4.69, 9.17) is 4.74 Å². The van der Waals surface area contributed by atoms with Gasteiger partial charge in [0.25, 0.3) is 0 Å². The highest BCUT2D eigenvalue weighted by Crippen LogP contribution is 2.22. The van der Waals surface area contributed by atoms with Crippen molar-refractivity contribution < 1.29 is 9.53 Å². The monoisotopic (exact) mass is 268 g/mol. The van der Waals surface area contributed by atoms with Crippen molar-refractivity contribution in [2.24, 2.45) is 0 Å². The van der Waals surface area contributed by atoms with E-state index >= 15 is 0 Å². The fourth-order valence-electron chi connectivity index (χ4n) is 2.17. The van der Waals surface area contributed by atoms with Crippen molar-refractivity contribution >= 4 is 5.78 Å². The molecule has 0 fully saturated rings. The van der Waals surface area contributed by atoms with Gasteiger partial charge in [0.15, 0.2) is 5.78 Å². The van der Waals surface area contributed by atoms with Gasteiger partial charge in [0, 0.05) is 12.2 Å². The van der Waals surface area contributed by atoms with Crippen LogP contribution in [0.1, 0.15) is 41.4 Å². The minimum atomic E-state index is -0.520. The van der Waals surface area contributed by atoms with Crippen molar-refractivity contribution in [2.75, 3.05) is 6.61 Å². The minimum Gasteiger partial charge on any atom is -0.366 e. The first-order chi connectivity index (χ1) is 9.76. The molecule has 20 heavy (non-hydrogen) atoms. The first-order valence-corrected chi connectivity index (χ1v) is 7.06. The molecule has 2 aromatic rings. The number of benzene rings is 2. The quantitative estimate of drug-likeness (QED) is 0.734. The first-order valence-electron chi connectivity index (χ1n) is 7.06. The van der Waals surface area contributed by atoms with Crippen LogP contribution in [0.5, 0.6) is 0 Å². The number of hydrogen-bond acceptors (Lipinski definition) is 2. The summed E-state index contributed by atoms with van der Waals surface area (Å²) in [4.78, 5) is 12.6. The van der Waals surface area contributed by atoms with Gasteiger partial charge in [-0.1, -0.05) is 61.5 Å². The molecule has 0 aliphatic heterocycles. The molecule has 0 aromatic heterocycles. The molecular formula is C18H20O2. The van der Waals surface area contributed by atoms with Crippen LogP contribution in [0.4, 0.5) is 0 Å². The van der Waals surface area contributed by atoms with Gasteiger partial charge in [-0.2, -0.15) is 0 Å². The summed E-state index contributed by atoms with van der Waals surface area (Å²) in [5, 5.41) is 0. The number of hydrogen-bond donors (Lipinski definition) is 0. The molecule has 0 radical (unpaired) electrons. The van der Waals surface area contributed by atoms with Crippen LogP contribution in [0.25, 0.3) is 0 Å². The predicted molar refractivity (Wildman–Crippen MR) is 81.0 cm³/mol. The lowest BCUT2D eigenvalue weighted by atomic mass is 9.98. The zero-order valence-corrected chi connectivity index (χ0v) is 12.0. The second kappa shape index (κ2) is 7.01. The normalized spacial score (nSPS) is 12.1. The molecule has 1 unspecified atom stereocenters. The third-order valence-electron chi connectivity index (χ3n) is 3.32. The Balaban J connectivity index is 2.26. The summed E-state index contributed by atoms with van der Waals surface area (Å²) in [5.74, 6) is 0.0145. The fourth-order valence-corrected chi connectivity index (χ4v) is 2.17. The van der Waals surface area contributed by atoms with E-state index in [1.54, 1.807) is 0 Å². The number of Topliss-reactive ketones (excluding diaryl/α,β-unsaturated/α-hetero) is 1. The van der Waals surface area contributed by atoms with E-state index in [-0.39, 0.29) is 5.78 Å². The number of ether oxygens (including phenoxy) is 1. The molecule has 0 saturated carbocycles. The van der Waals surface area contributed by atoms with E-state index in [1.165, 1.54) is 5.56 Å². The molecule has 0 amide bonds. The van der Waals surface area contributed by atoms with Crippen molar-refractivity contribution in [3.05, 3.63) is 71.3 Å². The predicted octanol–water partition coefficient (Wildman–Crippen LogP) is 4.21. The second-order valence-electron chi connectivity index (χ2n) is 4.66. The molecule has 104 valence electrons. The Morgan fingerprint density at radius 1 is 1.00 bits per heavy atom. The smallest absolute Gasteiger partial charge is 0.196 e. The highest BCUT2D eigenvalue weighted by Gasteiger charge is 2.22. The summed E-state index contributed by atoms with van der Waals surface area (Å²) in [6.45, 7) is 4.52. The highest BCUT2D eigenvalue weighted by atomic mass is 16.5. The molecule has 2 nitrogen and oxygen atoms in total. The average molecular weight is 268 g/mol. The average Bonchev–Trinajstić information content (AvgIpc) is 2.53. The van der Waals surface area contributed by atoms with Gasteiger partial charge in [0.2, 0.25) is 0 Å². The van der Waals surface area contributed by atoms with Gasteiger partial charge < -0.3 is 4.74 Å². The fraction of sp³-hybridized carbons (Fsp3) is 0.278. The molecule has 2 aromatic carbocycles. The maximum Gasteiger partial charge on any atom is 0.196 e. The van der Waals surface area contributed by atoms with Crippen LogP contribution in [0.2, 0.25) is 0 Å². The lowest BCUT2D eigenvalue weighted by Crippen LogP contribution is -2.16. The van der Waals surface area contributed by atoms with Crippen molar-refractivity contribution in [2.45, 2.75) is 26.4 Å². The van der Waals surface area contributed by atoms with E-state index < -0.39 is 6.10 Å². The van der Waals surface area contributed by atoms with Crippen molar-refractivity contribution in [1.82, 2.24) is 0 Å². The maximum absolute atomic E-state index is 12.6. The van der Waals surface area contributed by atoms with Crippen LogP contribution < -0.4 is 0 Å². The molecule has 0 N–H and O–H groups in total. The van der Waals surface area contributed by atoms with Crippen molar-refractivity contribution in [1.29, 1.82) is 0 Å². The van der Waals surface area contributed by atoms with Crippen molar-refractivity contribution in [3.63, 3.8) is 0 Å². The van der Waals surface area contributed by atoms with Gasteiger partial charge in [-0.25, -0.2) is 0 Å². The largest absolute Gasteiger partial charge is 0.366 e. The molecule has 0 spiro atoms. The molecule has 2 rings (SSSR count). The molecule has 0 aliphatic carbocycles. The summed E-state index contributed by atoms with van der Waals surface area (Å²) in [6, 6.07) is 17.4. The molecular weight excluding hydrogens is 248 g/mol. The highest BCUT2D eigenvalue weighted by molar-refractivity contribution is 6.00. The SMILES string of the molecule is CCOC(C(=O)c1ccc(CC)cc1)c1ccccc1. The zero-order chi connectivity index (χ0) is 14.4. The van der Waals surface area contributed by atoms with Crippen LogP contribution in [-0.4, -0.2) is 12.4 Å². The molecule has 2 heteroatoms. The molecule has 0 aliphatic rings. The summed E-state index contributed by atoms with van der Waals surface area (Å²) in [6.07, 6.45) is 0.455. The topological polar surface area (TPSA) is 26.3 Å². The zero-order valence-electron chi connectivity index (χ0n) is 12.0. The van der Waals surface area contributed by atoms with Gasteiger partial charge in [0.05, 0.1) is 0 Å². The van der Waals surface area contributed by atoms with E-state index in [0.29, 0.717) is 12.2 Å². The van der Waals surface area contributed by atoms with Gasteiger partial charge in [-0.15, -0.1) is 0 Å². The summed E-state index contributed by atoms with van der Waals surface area (Å²) < 4.78 is 5.65. The first kappa shape index (κ1) is 14.5. The standard InChI is InChI=1S/C18H20O2/c1-3-14-10-12-15(13-11-14)17(19)18(20-4-2)16-8-6-5-7-9-16/h5-13,18H,3-4H2,1-2H3. The Kier molecular flexibility index (Phi) is 5.08. The summed E-state index contributed by atoms with van der Waals surface area (Å²) in [5.41, 5.74) is 2.83. The maximum atomic E-state index is 12.6. The van der Waals surface area contributed by atoms with Crippen LogP contribution in [-0.2, 0) is 11.2 Å². The summed E-state index contributed by atoms with van der Waals surface area (Å²) in [7, 11) is 0.